The number of nitrogen functional groups attached to an aromatic ring is 1. The molecule has 1 aliphatic heterocycles. The number of nitrogens with zero attached hydrogens (tertiary/aromatic N) is 2. The van der Waals surface area contributed by atoms with E-state index in [1.165, 1.54) is 10.4 Å². The third-order valence-corrected chi connectivity index (χ3v) is 4.39. The van der Waals surface area contributed by atoms with E-state index in [1.54, 1.807) is 11.3 Å². The summed E-state index contributed by atoms with van der Waals surface area (Å²) >= 11 is 1.68. The van der Waals surface area contributed by atoms with Crippen LogP contribution in [0.25, 0.3) is 10.2 Å². The molecule has 1 atom stereocenters. The molecule has 3 rings (SSSR count). The molecule has 90 valence electrons. The predicted molar refractivity (Wildman–Crippen MR) is 69.2 cm³/mol. The van der Waals surface area contributed by atoms with Crippen LogP contribution < -0.4 is 5.73 Å². The standard InChI is InChI=1S/C12H15N3OS/c1-6-7(2)17-12-9(6)10(13)14-11(15-12)8-4-3-5-16-8/h8H,3-5H2,1-2H3,(H2,13,14,15). The Labute approximate surface area is 104 Å². The summed E-state index contributed by atoms with van der Waals surface area (Å²) in [7, 11) is 0. The summed E-state index contributed by atoms with van der Waals surface area (Å²) in [5.41, 5.74) is 7.23. The second kappa shape index (κ2) is 3.92. The van der Waals surface area contributed by atoms with E-state index in [0.717, 1.165) is 35.5 Å². The van der Waals surface area contributed by atoms with E-state index in [4.69, 9.17) is 10.5 Å². The van der Waals surface area contributed by atoms with Crippen LogP contribution >= 0.6 is 11.3 Å². The smallest absolute Gasteiger partial charge is 0.161 e. The fraction of sp³-hybridized carbons (Fsp3) is 0.500. The molecule has 0 spiro atoms. The van der Waals surface area contributed by atoms with E-state index in [9.17, 15) is 0 Å². The van der Waals surface area contributed by atoms with Crippen LogP contribution in [0.15, 0.2) is 0 Å². The summed E-state index contributed by atoms with van der Waals surface area (Å²) in [5, 5.41) is 1.01. The van der Waals surface area contributed by atoms with Crippen molar-refractivity contribution in [3.63, 3.8) is 0 Å². The zero-order valence-corrected chi connectivity index (χ0v) is 10.8. The number of anilines is 1. The van der Waals surface area contributed by atoms with E-state index in [1.807, 2.05) is 0 Å². The Balaban J connectivity index is 2.16. The topological polar surface area (TPSA) is 61.0 Å². The average Bonchev–Trinajstić information content (AvgIpc) is 2.88. The van der Waals surface area contributed by atoms with Crippen LogP contribution in [-0.2, 0) is 4.74 Å². The molecule has 1 saturated heterocycles. The van der Waals surface area contributed by atoms with E-state index in [0.29, 0.717) is 5.82 Å². The molecule has 0 aromatic carbocycles. The van der Waals surface area contributed by atoms with Crippen LogP contribution in [0.1, 0.15) is 35.2 Å². The van der Waals surface area contributed by atoms with Gasteiger partial charge in [0.1, 0.15) is 16.8 Å². The molecule has 1 fully saturated rings. The lowest BCUT2D eigenvalue weighted by molar-refractivity contribution is 0.105. The Morgan fingerprint density at radius 2 is 2.18 bits per heavy atom. The van der Waals surface area contributed by atoms with Crippen LogP contribution in [0.3, 0.4) is 0 Å². The number of hydrogen-bond donors (Lipinski definition) is 1. The van der Waals surface area contributed by atoms with Gasteiger partial charge in [-0.15, -0.1) is 11.3 Å². The van der Waals surface area contributed by atoms with Crippen molar-refractivity contribution in [3.8, 4) is 0 Å². The van der Waals surface area contributed by atoms with Crippen molar-refractivity contribution >= 4 is 27.4 Å². The molecule has 1 aliphatic rings. The van der Waals surface area contributed by atoms with Crippen molar-refractivity contribution < 1.29 is 4.74 Å². The number of rotatable bonds is 1. The minimum Gasteiger partial charge on any atom is -0.383 e. The third kappa shape index (κ3) is 1.70. The quantitative estimate of drug-likeness (QED) is 0.844. The normalized spacial score (nSPS) is 20.2. The summed E-state index contributed by atoms with van der Waals surface area (Å²) in [5.74, 6) is 1.33. The maximum Gasteiger partial charge on any atom is 0.161 e. The van der Waals surface area contributed by atoms with E-state index in [-0.39, 0.29) is 6.10 Å². The van der Waals surface area contributed by atoms with E-state index < -0.39 is 0 Å². The molecule has 17 heavy (non-hydrogen) atoms. The lowest BCUT2D eigenvalue weighted by Crippen LogP contribution is -2.05. The Kier molecular flexibility index (Phi) is 2.52. The summed E-state index contributed by atoms with van der Waals surface area (Å²) in [6, 6.07) is 0. The number of thiophene rings is 1. The largest absolute Gasteiger partial charge is 0.383 e. The minimum absolute atomic E-state index is 0.0319. The molecule has 2 N–H and O–H groups in total. The lowest BCUT2D eigenvalue weighted by Gasteiger charge is -2.08. The Hall–Kier alpha value is -1.20. The van der Waals surface area contributed by atoms with Gasteiger partial charge >= 0.3 is 0 Å². The van der Waals surface area contributed by atoms with Gasteiger partial charge in [0.15, 0.2) is 5.82 Å². The maximum absolute atomic E-state index is 6.04. The number of fused-ring (bicyclic) bond motifs is 1. The third-order valence-electron chi connectivity index (χ3n) is 3.29. The van der Waals surface area contributed by atoms with Gasteiger partial charge in [0.2, 0.25) is 0 Å². The van der Waals surface area contributed by atoms with Crippen LogP contribution in [0.2, 0.25) is 0 Å². The molecule has 0 radical (unpaired) electrons. The molecule has 0 saturated carbocycles. The molecule has 5 heteroatoms. The molecule has 0 bridgehead atoms. The van der Waals surface area contributed by atoms with E-state index >= 15 is 0 Å². The number of hydrogen-bond acceptors (Lipinski definition) is 5. The zero-order valence-electron chi connectivity index (χ0n) is 9.99. The molecule has 2 aromatic rings. The van der Waals surface area contributed by atoms with Crippen molar-refractivity contribution in [1.82, 2.24) is 9.97 Å². The van der Waals surface area contributed by atoms with Crippen LogP contribution in [0, 0.1) is 13.8 Å². The summed E-state index contributed by atoms with van der Waals surface area (Å²) in [6.45, 7) is 4.96. The highest BCUT2D eigenvalue weighted by Crippen LogP contribution is 2.34. The predicted octanol–water partition coefficient (Wildman–Crippen LogP) is 2.74. The second-order valence-corrected chi connectivity index (χ2v) is 5.64. The Morgan fingerprint density at radius 3 is 2.88 bits per heavy atom. The summed E-state index contributed by atoms with van der Waals surface area (Å²) in [6.07, 6.45) is 2.10. The van der Waals surface area contributed by atoms with Crippen molar-refractivity contribution in [3.05, 3.63) is 16.3 Å². The first kappa shape index (κ1) is 10.9. The van der Waals surface area contributed by atoms with Crippen LogP contribution in [0.4, 0.5) is 5.82 Å². The summed E-state index contributed by atoms with van der Waals surface area (Å²) in [4.78, 5) is 11.2. The molecular weight excluding hydrogens is 234 g/mol. The van der Waals surface area contributed by atoms with Gasteiger partial charge in [0.25, 0.3) is 0 Å². The number of ether oxygens (including phenoxy) is 1. The monoisotopic (exact) mass is 249 g/mol. The van der Waals surface area contributed by atoms with Gasteiger partial charge in [0.05, 0.1) is 5.39 Å². The fourth-order valence-corrected chi connectivity index (χ4v) is 3.27. The molecule has 0 amide bonds. The second-order valence-electron chi connectivity index (χ2n) is 4.43. The van der Waals surface area contributed by atoms with Crippen molar-refractivity contribution in [2.45, 2.75) is 32.8 Å². The van der Waals surface area contributed by atoms with Gasteiger partial charge in [0, 0.05) is 11.5 Å². The Morgan fingerprint density at radius 1 is 1.35 bits per heavy atom. The van der Waals surface area contributed by atoms with Crippen LogP contribution in [0.5, 0.6) is 0 Å². The average molecular weight is 249 g/mol. The molecule has 2 aromatic heterocycles. The SMILES string of the molecule is Cc1sc2nc(C3CCCO3)nc(N)c2c1C. The van der Waals surface area contributed by atoms with Gasteiger partial charge in [-0.1, -0.05) is 0 Å². The van der Waals surface area contributed by atoms with Crippen LogP contribution in [-0.4, -0.2) is 16.6 Å². The highest BCUT2D eigenvalue weighted by Gasteiger charge is 2.22. The van der Waals surface area contributed by atoms with Crippen molar-refractivity contribution in [2.75, 3.05) is 12.3 Å². The molecular formula is C12H15N3OS. The number of nitrogens with two attached hydrogens (primary N) is 1. The Bertz CT molecular complexity index is 573. The maximum atomic E-state index is 6.04. The van der Waals surface area contributed by atoms with Gasteiger partial charge in [-0.05, 0) is 32.3 Å². The molecule has 4 nitrogen and oxygen atoms in total. The van der Waals surface area contributed by atoms with Gasteiger partial charge < -0.3 is 10.5 Å². The zero-order chi connectivity index (χ0) is 12.0. The fourth-order valence-electron chi connectivity index (χ4n) is 2.22. The first-order chi connectivity index (χ1) is 8.16. The van der Waals surface area contributed by atoms with E-state index in [2.05, 4.69) is 23.8 Å². The van der Waals surface area contributed by atoms with Gasteiger partial charge in [-0.25, -0.2) is 9.97 Å². The molecule has 0 aliphatic carbocycles. The molecule has 3 heterocycles. The first-order valence-corrected chi connectivity index (χ1v) is 6.63. The number of aryl methyl sites for hydroxylation is 2. The van der Waals surface area contributed by atoms with Crippen molar-refractivity contribution in [1.29, 1.82) is 0 Å². The van der Waals surface area contributed by atoms with Gasteiger partial charge in [-0.3, -0.25) is 0 Å². The minimum atomic E-state index is 0.0319. The highest BCUT2D eigenvalue weighted by molar-refractivity contribution is 7.18. The first-order valence-electron chi connectivity index (χ1n) is 5.81. The molecule has 1 unspecified atom stereocenters. The summed E-state index contributed by atoms with van der Waals surface area (Å²) < 4.78 is 5.60. The van der Waals surface area contributed by atoms with Gasteiger partial charge in [-0.2, -0.15) is 0 Å². The van der Waals surface area contributed by atoms with Crippen molar-refractivity contribution in [2.24, 2.45) is 0 Å². The lowest BCUT2D eigenvalue weighted by atomic mass is 10.2. The highest BCUT2D eigenvalue weighted by atomic mass is 32.1. The number of aromatic nitrogens is 2.